The van der Waals surface area contributed by atoms with E-state index < -0.39 is 12.2 Å². The molecule has 1 aliphatic heterocycles. The summed E-state index contributed by atoms with van der Waals surface area (Å²) in [5, 5.41) is 27.4. The van der Waals surface area contributed by atoms with Crippen molar-refractivity contribution >= 4 is 0 Å². The van der Waals surface area contributed by atoms with Crippen LogP contribution < -0.4 is 0 Å². The topological polar surface area (TPSA) is 69.9 Å². The third-order valence-corrected chi connectivity index (χ3v) is 1.97. The highest BCUT2D eigenvalue weighted by Crippen LogP contribution is 2.13. The molecule has 0 radical (unpaired) electrons. The molecule has 0 aromatic carbocycles. The first-order chi connectivity index (χ1) is 5.74. The molecule has 0 saturated carbocycles. The molecule has 0 aliphatic carbocycles. The molecular formula is C8H14O4. The number of ether oxygens (including phenoxy) is 1. The van der Waals surface area contributed by atoms with Crippen molar-refractivity contribution in [1.82, 2.24) is 0 Å². The molecular weight excluding hydrogens is 160 g/mol. The smallest absolute Gasteiger partial charge is 0.0948 e. The van der Waals surface area contributed by atoms with Gasteiger partial charge in [-0.3, -0.25) is 0 Å². The first-order valence-electron chi connectivity index (χ1n) is 3.99. The predicted octanol–water partition coefficient (Wildman–Crippen LogP) is -0.749. The number of rotatable bonds is 1. The summed E-state index contributed by atoms with van der Waals surface area (Å²) >= 11 is 0. The molecule has 3 atom stereocenters. The maximum atomic E-state index is 9.41. The fraction of sp³-hybridized carbons (Fsp3) is 0.750. The predicted molar refractivity (Wildman–Crippen MR) is 42.3 cm³/mol. The maximum Gasteiger partial charge on any atom is 0.0948 e. The summed E-state index contributed by atoms with van der Waals surface area (Å²) in [5.74, 6) is -0.301. The molecule has 0 fully saturated rings. The highest BCUT2D eigenvalue weighted by atomic mass is 16.5. The summed E-state index contributed by atoms with van der Waals surface area (Å²) in [6, 6.07) is 0. The first-order valence-corrected chi connectivity index (χ1v) is 3.99. The minimum absolute atomic E-state index is 0.123. The molecule has 3 N–H and O–H groups in total. The van der Waals surface area contributed by atoms with Crippen molar-refractivity contribution in [3.8, 4) is 0 Å². The van der Waals surface area contributed by atoms with Gasteiger partial charge in [-0.2, -0.15) is 0 Å². The van der Waals surface area contributed by atoms with Crippen LogP contribution in [-0.4, -0.2) is 40.7 Å². The second-order valence-corrected chi connectivity index (χ2v) is 2.97. The molecule has 4 nitrogen and oxygen atoms in total. The Hall–Kier alpha value is -0.580. The summed E-state index contributed by atoms with van der Waals surface area (Å²) in [7, 11) is 0. The lowest BCUT2D eigenvalue weighted by Crippen LogP contribution is -2.32. The Kier molecular flexibility index (Phi) is 3.52. The van der Waals surface area contributed by atoms with Crippen LogP contribution >= 0.6 is 0 Å². The Morgan fingerprint density at radius 3 is 2.83 bits per heavy atom. The highest BCUT2D eigenvalue weighted by Gasteiger charge is 2.22. The molecule has 4 heteroatoms. The van der Waals surface area contributed by atoms with Crippen LogP contribution in [0, 0.1) is 5.92 Å². The van der Waals surface area contributed by atoms with Crippen LogP contribution in [0.2, 0.25) is 0 Å². The second kappa shape index (κ2) is 4.45. The third-order valence-electron chi connectivity index (χ3n) is 1.97. The zero-order chi connectivity index (χ0) is 8.97. The Labute approximate surface area is 71.1 Å². The van der Waals surface area contributed by atoms with E-state index in [2.05, 4.69) is 0 Å². The molecule has 12 heavy (non-hydrogen) atoms. The van der Waals surface area contributed by atoms with E-state index in [1.54, 1.807) is 0 Å². The van der Waals surface area contributed by atoms with E-state index in [1.807, 2.05) is 0 Å². The molecule has 0 aromatic rings. The molecule has 1 heterocycles. The van der Waals surface area contributed by atoms with Gasteiger partial charge >= 0.3 is 0 Å². The van der Waals surface area contributed by atoms with Crippen molar-refractivity contribution in [1.29, 1.82) is 0 Å². The van der Waals surface area contributed by atoms with Crippen molar-refractivity contribution in [2.75, 3.05) is 13.2 Å². The van der Waals surface area contributed by atoms with E-state index in [0.717, 1.165) is 0 Å². The van der Waals surface area contributed by atoms with Gasteiger partial charge in [0.05, 0.1) is 31.7 Å². The van der Waals surface area contributed by atoms with Crippen LogP contribution in [-0.2, 0) is 4.74 Å². The van der Waals surface area contributed by atoms with Crippen LogP contribution in [0.3, 0.4) is 0 Å². The highest BCUT2D eigenvalue weighted by molar-refractivity contribution is 4.88. The van der Waals surface area contributed by atoms with Crippen molar-refractivity contribution < 1.29 is 20.1 Å². The minimum Gasteiger partial charge on any atom is -0.501 e. The first kappa shape index (κ1) is 9.51. The van der Waals surface area contributed by atoms with Gasteiger partial charge in [-0.05, 0) is 6.08 Å². The molecule has 1 aliphatic rings. The average molecular weight is 174 g/mol. The van der Waals surface area contributed by atoms with E-state index in [4.69, 9.17) is 9.84 Å². The average Bonchev–Trinajstić information content (AvgIpc) is 2.01. The Morgan fingerprint density at radius 2 is 2.17 bits per heavy atom. The van der Waals surface area contributed by atoms with E-state index in [1.165, 1.54) is 12.3 Å². The van der Waals surface area contributed by atoms with Gasteiger partial charge in [0.15, 0.2) is 0 Å². The van der Waals surface area contributed by atoms with Gasteiger partial charge < -0.3 is 20.1 Å². The second-order valence-electron chi connectivity index (χ2n) is 2.97. The van der Waals surface area contributed by atoms with Crippen LogP contribution in [0.15, 0.2) is 12.3 Å². The molecule has 0 saturated heterocycles. The van der Waals surface area contributed by atoms with Gasteiger partial charge in [0.25, 0.3) is 0 Å². The van der Waals surface area contributed by atoms with Crippen molar-refractivity contribution in [2.24, 2.45) is 5.92 Å². The quantitative estimate of drug-likeness (QED) is 0.489. The summed E-state index contributed by atoms with van der Waals surface area (Å²) in [6.45, 7) is 0.169. The van der Waals surface area contributed by atoms with E-state index in [0.29, 0.717) is 6.61 Å². The number of hydrogen-bond donors (Lipinski definition) is 3. The SMILES string of the molecule is OCC1COC=CC(O)CC1O. The lowest BCUT2D eigenvalue weighted by molar-refractivity contribution is -0.00284. The molecule has 0 spiro atoms. The van der Waals surface area contributed by atoms with Crippen LogP contribution in [0.25, 0.3) is 0 Å². The molecule has 0 aromatic heterocycles. The zero-order valence-electron chi connectivity index (χ0n) is 6.76. The van der Waals surface area contributed by atoms with Crippen molar-refractivity contribution in [3.63, 3.8) is 0 Å². The summed E-state index contributed by atoms with van der Waals surface area (Å²) in [4.78, 5) is 0. The largest absolute Gasteiger partial charge is 0.501 e. The Bertz CT molecular complexity index is 157. The van der Waals surface area contributed by atoms with E-state index >= 15 is 0 Å². The van der Waals surface area contributed by atoms with Crippen LogP contribution in [0.4, 0.5) is 0 Å². The standard InChI is InChI=1S/C8H14O4/c9-4-6-5-12-2-1-7(10)3-8(6)11/h1-2,6-11H,3-5H2. The van der Waals surface area contributed by atoms with Gasteiger partial charge in [-0.25, -0.2) is 0 Å². The number of hydrogen-bond acceptors (Lipinski definition) is 4. The monoisotopic (exact) mass is 174 g/mol. The minimum atomic E-state index is -0.699. The van der Waals surface area contributed by atoms with E-state index in [-0.39, 0.29) is 18.9 Å². The number of aliphatic hydroxyl groups excluding tert-OH is 3. The van der Waals surface area contributed by atoms with Crippen LogP contribution in [0.1, 0.15) is 6.42 Å². The Morgan fingerprint density at radius 1 is 1.42 bits per heavy atom. The number of aliphatic hydroxyl groups is 3. The van der Waals surface area contributed by atoms with Gasteiger partial charge in [-0.1, -0.05) is 0 Å². The maximum absolute atomic E-state index is 9.41. The Balaban J connectivity index is 2.53. The fourth-order valence-corrected chi connectivity index (χ4v) is 1.13. The summed E-state index contributed by atoms with van der Waals surface area (Å²) in [5.41, 5.74) is 0. The van der Waals surface area contributed by atoms with Crippen molar-refractivity contribution in [2.45, 2.75) is 18.6 Å². The normalized spacial score (nSPS) is 36.8. The van der Waals surface area contributed by atoms with Gasteiger partial charge in [0, 0.05) is 12.3 Å². The fourth-order valence-electron chi connectivity index (χ4n) is 1.13. The molecule has 1 rings (SSSR count). The third kappa shape index (κ3) is 2.48. The van der Waals surface area contributed by atoms with Crippen LogP contribution in [0.5, 0.6) is 0 Å². The van der Waals surface area contributed by atoms with Gasteiger partial charge in [0.2, 0.25) is 0 Å². The van der Waals surface area contributed by atoms with Gasteiger partial charge in [-0.15, -0.1) is 0 Å². The molecule has 3 unspecified atom stereocenters. The zero-order valence-corrected chi connectivity index (χ0v) is 6.76. The molecule has 70 valence electrons. The van der Waals surface area contributed by atoms with Gasteiger partial charge in [0.1, 0.15) is 0 Å². The summed E-state index contributed by atoms with van der Waals surface area (Å²) in [6.07, 6.45) is 1.76. The lowest BCUT2D eigenvalue weighted by Gasteiger charge is -2.23. The summed E-state index contributed by atoms with van der Waals surface area (Å²) < 4.78 is 4.96. The molecule has 0 bridgehead atoms. The van der Waals surface area contributed by atoms with E-state index in [9.17, 15) is 10.2 Å². The lowest BCUT2D eigenvalue weighted by atomic mass is 9.98. The van der Waals surface area contributed by atoms with Crippen molar-refractivity contribution in [3.05, 3.63) is 12.3 Å². The molecule has 0 amide bonds.